The first kappa shape index (κ1) is 14.9. The molecule has 0 atom stereocenters. The second-order valence-corrected chi connectivity index (χ2v) is 5.26. The quantitative estimate of drug-likeness (QED) is 0.655. The average Bonchev–Trinajstić information content (AvgIpc) is 2.67. The predicted octanol–water partition coefficient (Wildman–Crippen LogP) is 1.48. The maximum atomic E-state index is 12.4. The molecule has 1 aliphatic rings. The number of alkyl halides is 1. The summed E-state index contributed by atoms with van der Waals surface area (Å²) in [5, 5.41) is 18.8. The van der Waals surface area contributed by atoms with Gasteiger partial charge in [0.25, 0.3) is 5.91 Å². The molecule has 1 saturated heterocycles. The van der Waals surface area contributed by atoms with Gasteiger partial charge in [-0.2, -0.15) is 0 Å². The molecule has 0 spiro atoms. The van der Waals surface area contributed by atoms with E-state index in [1.165, 1.54) is 18.2 Å². The molecule has 1 aromatic carbocycles. The van der Waals surface area contributed by atoms with Crippen LogP contribution in [0.5, 0.6) is 11.5 Å². The third kappa shape index (κ3) is 3.55. The van der Waals surface area contributed by atoms with Crippen molar-refractivity contribution in [1.29, 1.82) is 0 Å². The fraction of sp³-hybridized carbons (Fsp3) is 0.500. The summed E-state index contributed by atoms with van der Waals surface area (Å²) in [6.45, 7) is 3.93. The molecule has 0 bridgehead atoms. The summed E-state index contributed by atoms with van der Waals surface area (Å²) in [5.41, 5.74) is 0.395. The van der Waals surface area contributed by atoms with Crippen molar-refractivity contribution in [3.63, 3.8) is 0 Å². The number of phenols is 2. The minimum atomic E-state index is -0.269. The van der Waals surface area contributed by atoms with Crippen LogP contribution in [0.3, 0.4) is 0 Å². The van der Waals surface area contributed by atoms with E-state index in [0.717, 1.165) is 26.1 Å². The van der Waals surface area contributed by atoms with Crippen molar-refractivity contribution in [1.82, 2.24) is 9.80 Å². The van der Waals surface area contributed by atoms with Crippen LogP contribution in [-0.4, -0.2) is 64.5 Å². The second-order valence-electron chi connectivity index (χ2n) is 4.88. The number of hydrogen-bond donors (Lipinski definition) is 2. The van der Waals surface area contributed by atoms with Crippen molar-refractivity contribution < 1.29 is 15.0 Å². The molecule has 0 unspecified atom stereocenters. The van der Waals surface area contributed by atoms with Gasteiger partial charge in [0.2, 0.25) is 0 Å². The number of aromatic hydroxyl groups is 2. The minimum Gasteiger partial charge on any atom is -0.504 e. The Morgan fingerprint density at radius 1 is 1.15 bits per heavy atom. The lowest BCUT2D eigenvalue weighted by Gasteiger charge is -2.21. The number of halogens is 1. The molecule has 110 valence electrons. The monoisotopic (exact) mass is 298 g/mol. The molecule has 6 heteroatoms. The third-order valence-electron chi connectivity index (χ3n) is 3.50. The molecule has 0 saturated carbocycles. The zero-order chi connectivity index (χ0) is 14.5. The molecule has 1 heterocycles. The van der Waals surface area contributed by atoms with E-state index in [4.69, 9.17) is 11.6 Å². The molecule has 5 nitrogen and oxygen atoms in total. The van der Waals surface area contributed by atoms with Crippen molar-refractivity contribution in [3.8, 4) is 11.5 Å². The van der Waals surface area contributed by atoms with Gasteiger partial charge < -0.3 is 20.0 Å². The molecule has 1 fully saturated rings. The van der Waals surface area contributed by atoms with Crippen LogP contribution in [0.4, 0.5) is 0 Å². The number of rotatable bonds is 3. The van der Waals surface area contributed by atoms with Crippen molar-refractivity contribution in [3.05, 3.63) is 23.8 Å². The van der Waals surface area contributed by atoms with E-state index in [1.54, 1.807) is 4.90 Å². The maximum absolute atomic E-state index is 12.4. The fourth-order valence-corrected chi connectivity index (χ4v) is 2.60. The van der Waals surface area contributed by atoms with Crippen molar-refractivity contribution in [2.45, 2.75) is 6.42 Å². The van der Waals surface area contributed by atoms with E-state index in [2.05, 4.69) is 4.90 Å². The number of nitrogens with zero attached hydrogens (tertiary/aromatic N) is 2. The third-order valence-corrected chi connectivity index (χ3v) is 3.67. The van der Waals surface area contributed by atoms with E-state index >= 15 is 0 Å². The first-order chi connectivity index (χ1) is 9.61. The number of hydrogen-bond acceptors (Lipinski definition) is 4. The van der Waals surface area contributed by atoms with Crippen LogP contribution >= 0.6 is 11.6 Å². The molecule has 20 heavy (non-hydrogen) atoms. The van der Waals surface area contributed by atoms with Gasteiger partial charge in [-0.05, 0) is 31.2 Å². The molecular formula is C14H19ClN2O3. The van der Waals surface area contributed by atoms with Crippen molar-refractivity contribution in [2.24, 2.45) is 0 Å². The fourth-order valence-electron chi connectivity index (χ4n) is 2.36. The van der Waals surface area contributed by atoms with Gasteiger partial charge in [-0.25, -0.2) is 0 Å². The number of carbonyl (C=O) groups is 1. The van der Waals surface area contributed by atoms with Crippen LogP contribution in [0.15, 0.2) is 18.2 Å². The normalized spacial score (nSPS) is 16.9. The molecule has 1 aliphatic heterocycles. The second kappa shape index (κ2) is 6.81. The summed E-state index contributed by atoms with van der Waals surface area (Å²) in [6.07, 6.45) is 0.909. The van der Waals surface area contributed by atoms with E-state index in [-0.39, 0.29) is 17.4 Å². The summed E-state index contributed by atoms with van der Waals surface area (Å²) < 4.78 is 0. The summed E-state index contributed by atoms with van der Waals surface area (Å²) in [5.74, 6) is -0.00655. The Morgan fingerprint density at radius 3 is 2.65 bits per heavy atom. The zero-order valence-corrected chi connectivity index (χ0v) is 12.0. The van der Waals surface area contributed by atoms with Crippen LogP contribution in [0.25, 0.3) is 0 Å². The van der Waals surface area contributed by atoms with Gasteiger partial charge in [0.15, 0.2) is 11.5 Å². The standard InChI is InChI=1S/C14H19ClN2O3/c15-4-7-16-5-1-6-17(9-8-16)14(20)11-2-3-12(18)13(19)10-11/h2-3,10,18-19H,1,4-9H2. The highest BCUT2D eigenvalue weighted by atomic mass is 35.5. The Labute approximate surface area is 123 Å². The Balaban J connectivity index is 2.03. The summed E-state index contributed by atoms with van der Waals surface area (Å²) in [6, 6.07) is 4.16. The zero-order valence-electron chi connectivity index (χ0n) is 11.3. The van der Waals surface area contributed by atoms with Gasteiger partial charge in [0, 0.05) is 37.6 Å². The molecule has 0 aliphatic carbocycles. The molecule has 2 rings (SSSR count). The molecule has 0 aromatic heterocycles. The van der Waals surface area contributed by atoms with Gasteiger partial charge in [0.05, 0.1) is 0 Å². The van der Waals surface area contributed by atoms with E-state index < -0.39 is 0 Å². The number of phenolic OH excluding ortho intramolecular Hbond substituents is 2. The SMILES string of the molecule is O=C(c1ccc(O)c(O)c1)N1CCCN(CCCl)CC1. The van der Waals surface area contributed by atoms with Gasteiger partial charge in [-0.3, -0.25) is 4.79 Å². The molecule has 0 radical (unpaired) electrons. The Bertz CT molecular complexity index is 481. The summed E-state index contributed by atoms with van der Waals surface area (Å²) in [7, 11) is 0. The molecular weight excluding hydrogens is 280 g/mol. The van der Waals surface area contributed by atoms with Crippen LogP contribution in [0.2, 0.25) is 0 Å². The number of amides is 1. The largest absolute Gasteiger partial charge is 0.504 e. The van der Waals surface area contributed by atoms with Crippen LogP contribution in [0.1, 0.15) is 16.8 Å². The summed E-state index contributed by atoms with van der Waals surface area (Å²) >= 11 is 5.74. The molecule has 1 amide bonds. The molecule has 1 aromatic rings. The Morgan fingerprint density at radius 2 is 1.95 bits per heavy atom. The highest BCUT2D eigenvalue weighted by Gasteiger charge is 2.20. The van der Waals surface area contributed by atoms with E-state index in [9.17, 15) is 15.0 Å². The van der Waals surface area contributed by atoms with Gasteiger partial charge in [-0.1, -0.05) is 0 Å². The highest BCUT2D eigenvalue weighted by molar-refractivity contribution is 6.18. The minimum absolute atomic E-state index is 0.118. The Kier molecular flexibility index (Phi) is 5.09. The van der Waals surface area contributed by atoms with E-state index in [1.807, 2.05) is 0 Å². The topological polar surface area (TPSA) is 64.0 Å². The van der Waals surface area contributed by atoms with Crippen LogP contribution < -0.4 is 0 Å². The maximum Gasteiger partial charge on any atom is 0.254 e. The van der Waals surface area contributed by atoms with Crippen molar-refractivity contribution in [2.75, 3.05) is 38.6 Å². The number of carbonyl (C=O) groups excluding carboxylic acids is 1. The summed E-state index contributed by atoms with van der Waals surface area (Å²) in [4.78, 5) is 16.4. The lowest BCUT2D eigenvalue weighted by Crippen LogP contribution is -2.35. The van der Waals surface area contributed by atoms with Gasteiger partial charge in [-0.15, -0.1) is 11.6 Å². The highest BCUT2D eigenvalue weighted by Crippen LogP contribution is 2.25. The van der Waals surface area contributed by atoms with E-state index in [0.29, 0.717) is 24.5 Å². The molecule has 2 N–H and O–H groups in total. The smallest absolute Gasteiger partial charge is 0.254 e. The van der Waals surface area contributed by atoms with Gasteiger partial charge in [0.1, 0.15) is 0 Å². The lowest BCUT2D eigenvalue weighted by molar-refractivity contribution is 0.0761. The Hall–Kier alpha value is -1.46. The first-order valence-electron chi connectivity index (χ1n) is 6.71. The van der Waals surface area contributed by atoms with Crippen molar-refractivity contribution >= 4 is 17.5 Å². The lowest BCUT2D eigenvalue weighted by atomic mass is 10.1. The average molecular weight is 299 g/mol. The number of benzene rings is 1. The van der Waals surface area contributed by atoms with Gasteiger partial charge >= 0.3 is 0 Å². The first-order valence-corrected chi connectivity index (χ1v) is 7.25. The van der Waals surface area contributed by atoms with Crippen LogP contribution in [-0.2, 0) is 0 Å². The predicted molar refractivity (Wildman–Crippen MR) is 77.5 cm³/mol. The van der Waals surface area contributed by atoms with Crippen LogP contribution in [0, 0.1) is 0 Å².